The summed E-state index contributed by atoms with van der Waals surface area (Å²) in [7, 11) is 0. The maximum Gasteiger partial charge on any atom is 0.0705 e. The number of aryl methyl sites for hydroxylation is 1. The lowest BCUT2D eigenvalue weighted by Crippen LogP contribution is -1.92. The van der Waals surface area contributed by atoms with E-state index in [-0.39, 0.29) is 0 Å². The van der Waals surface area contributed by atoms with Crippen LogP contribution >= 0.6 is 0 Å². The maximum absolute atomic E-state index is 8.22. The van der Waals surface area contributed by atoms with E-state index in [0.717, 1.165) is 22.4 Å². The molecule has 0 aliphatic carbocycles. The van der Waals surface area contributed by atoms with E-state index < -0.39 is 12.7 Å². The molecule has 0 aliphatic rings. The van der Waals surface area contributed by atoms with Gasteiger partial charge in [0.25, 0.3) is 0 Å². The maximum atomic E-state index is 8.22. The van der Waals surface area contributed by atoms with Crippen LogP contribution in [0.1, 0.15) is 36.4 Å². The first-order chi connectivity index (χ1) is 12.2. The van der Waals surface area contributed by atoms with Crippen molar-refractivity contribution in [2.75, 3.05) is 0 Å². The highest BCUT2D eigenvalue weighted by Gasteiger charge is 2.07. The van der Waals surface area contributed by atoms with Gasteiger partial charge in [-0.05, 0) is 53.2 Å². The van der Waals surface area contributed by atoms with Gasteiger partial charge in [-0.25, -0.2) is 0 Å². The molecule has 0 radical (unpaired) electrons. The number of pyridine rings is 1. The van der Waals surface area contributed by atoms with Crippen LogP contribution in [-0.2, 0) is 0 Å². The number of rotatable bonds is 3. The van der Waals surface area contributed by atoms with Gasteiger partial charge >= 0.3 is 0 Å². The second-order valence-corrected chi connectivity index (χ2v) is 5.56. The predicted molar refractivity (Wildman–Crippen MR) is 93.9 cm³/mol. The largest absolute Gasteiger partial charge is 0.256 e. The minimum absolute atomic E-state index is 0.324. The molecule has 3 rings (SSSR count). The smallest absolute Gasteiger partial charge is 0.0705 e. The zero-order chi connectivity index (χ0) is 18.9. The first kappa shape index (κ1) is 10.3. The Morgan fingerprint density at radius 3 is 2.50 bits per heavy atom. The van der Waals surface area contributed by atoms with Crippen molar-refractivity contribution in [3.63, 3.8) is 0 Å². The molecule has 1 aromatic heterocycles. The van der Waals surface area contributed by atoms with Crippen LogP contribution in [0.3, 0.4) is 0 Å². The average Bonchev–Trinajstić information content (AvgIpc) is 2.60. The Balaban J connectivity index is 2.17. The van der Waals surface area contributed by atoms with Gasteiger partial charge < -0.3 is 0 Å². The van der Waals surface area contributed by atoms with Crippen molar-refractivity contribution in [1.82, 2.24) is 4.98 Å². The Morgan fingerprint density at radius 1 is 0.955 bits per heavy atom. The van der Waals surface area contributed by atoms with E-state index in [0.29, 0.717) is 11.1 Å². The van der Waals surface area contributed by atoms with Crippen LogP contribution in [0.5, 0.6) is 0 Å². The third kappa shape index (κ3) is 2.94. The molecule has 1 heteroatoms. The molecule has 0 unspecified atom stereocenters. The molecular weight excluding hydrogens is 266 g/mol. The van der Waals surface area contributed by atoms with E-state index in [9.17, 15) is 0 Å². The van der Waals surface area contributed by atoms with Gasteiger partial charge in [-0.2, -0.15) is 0 Å². The van der Waals surface area contributed by atoms with Crippen molar-refractivity contribution in [3.8, 4) is 22.4 Å². The van der Waals surface area contributed by atoms with E-state index in [1.54, 1.807) is 18.3 Å². The summed E-state index contributed by atoms with van der Waals surface area (Å²) < 4.78 is 31.8. The lowest BCUT2D eigenvalue weighted by atomic mass is 9.95. The summed E-state index contributed by atoms with van der Waals surface area (Å²) in [6, 6.07) is 18.6. The summed E-state index contributed by atoms with van der Waals surface area (Å²) in [5, 5.41) is 0. The molecule has 22 heavy (non-hydrogen) atoms. The van der Waals surface area contributed by atoms with Crippen LogP contribution in [0.2, 0.25) is 0 Å². The SMILES string of the molecule is [2H]C([2H])([2H])c1ccc(-c2cc(C([2H])(C)C)ccn2)cc1-c1ccccc1. The predicted octanol–water partition coefficient (Wildman–Crippen LogP) is 5.85. The fourth-order valence-electron chi connectivity index (χ4n) is 2.46. The number of hydrogen-bond acceptors (Lipinski definition) is 1. The molecule has 0 aliphatic heterocycles. The zero-order valence-corrected chi connectivity index (χ0v) is 12.8. The number of aromatic nitrogens is 1. The molecule has 0 saturated carbocycles. The molecule has 0 N–H and O–H groups in total. The molecule has 0 spiro atoms. The summed E-state index contributed by atoms with van der Waals surface area (Å²) in [6.07, 6.45) is 1.70. The molecule has 1 heterocycles. The molecule has 0 fully saturated rings. The average molecular weight is 291 g/mol. The molecule has 0 atom stereocenters. The normalized spacial score (nSPS) is 14.6. The molecular formula is C21H21N. The quantitative estimate of drug-likeness (QED) is 0.590. The number of hydrogen-bond donors (Lipinski definition) is 0. The van der Waals surface area contributed by atoms with Gasteiger partial charge in [0.15, 0.2) is 0 Å². The highest BCUT2D eigenvalue weighted by molar-refractivity contribution is 5.74. The van der Waals surface area contributed by atoms with Gasteiger partial charge in [0, 0.05) is 17.2 Å². The summed E-state index contributed by atoms with van der Waals surface area (Å²) in [4.78, 5) is 4.43. The fraction of sp³-hybridized carbons (Fsp3) is 0.190. The second-order valence-electron chi connectivity index (χ2n) is 5.56. The zero-order valence-electron chi connectivity index (χ0n) is 16.8. The van der Waals surface area contributed by atoms with Gasteiger partial charge in [0.05, 0.1) is 5.69 Å². The summed E-state index contributed by atoms with van der Waals surface area (Å²) in [6.45, 7) is 1.47. The minimum atomic E-state index is -2.19. The minimum Gasteiger partial charge on any atom is -0.256 e. The Morgan fingerprint density at radius 2 is 1.77 bits per heavy atom. The van der Waals surface area contributed by atoms with Crippen LogP contribution < -0.4 is 0 Å². The van der Waals surface area contributed by atoms with E-state index >= 15 is 0 Å². The first-order valence-corrected chi connectivity index (χ1v) is 7.33. The van der Waals surface area contributed by atoms with Gasteiger partial charge in [-0.15, -0.1) is 0 Å². The topological polar surface area (TPSA) is 12.9 Å². The number of nitrogens with zero attached hydrogens (tertiary/aromatic N) is 1. The third-order valence-electron chi connectivity index (χ3n) is 3.74. The Hall–Kier alpha value is -2.41. The standard InChI is InChI=1S/C21H21N/c1-15(2)18-11-12-22-21(14-18)19-10-9-16(3)20(13-19)17-7-5-4-6-8-17/h4-15H,1-3H3/i3D3,15D. The van der Waals surface area contributed by atoms with Crippen LogP contribution in [0.15, 0.2) is 66.9 Å². The van der Waals surface area contributed by atoms with Crippen molar-refractivity contribution in [2.24, 2.45) is 0 Å². The molecule has 3 aromatic rings. The molecule has 0 bridgehead atoms. The Labute approximate surface area is 138 Å². The van der Waals surface area contributed by atoms with Crippen molar-refractivity contribution >= 4 is 0 Å². The summed E-state index contributed by atoms with van der Waals surface area (Å²) >= 11 is 0. The van der Waals surface area contributed by atoms with Gasteiger partial charge in [-0.3, -0.25) is 4.98 Å². The molecule has 2 aromatic carbocycles. The summed E-state index contributed by atoms with van der Waals surface area (Å²) in [5.41, 5.74) is 4.30. The molecule has 0 amide bonds. The van der Waals surface area contributed by atoms with Gasteiger partial charge in [-0.1, -0.05) is 56.3 Å². The monoisotopic (exact) mass is 291 g/mol. The van der Waals surface area contributed by atoms with E-state index in [4.69, 9.17) is 5.48 Å². The fourth-order valence-corrected chi connectivity index (χ4v) is 2.46. The Bertz CT molecular complexity index is 909. The van der Waals surface area contributed by atoms with E-state index in [2.05, 4.69) is 4.98 Å². The van der Waals surface area contributed by atoms with Crippen LogP contribution in [0.25, 0.3) is 22.4 Å². The van der Waals surface area contributed by atoms with Crippen molar-refractivity contribution in [3.05, 3.63) is 78.0 Å². The van der Waals surface area contributed by atoms with Crippen molar-refractivity contribution in [2.45, 2.75) is 26.6 Å². The third-order valence-corrected chi connectivity index (χ3v) is 3.74. The van der Waals surface area contributed by atoms with Crippen LogP contribution in [0, 0.1) is 6.85 Å². The molecule has 1 nitrogen and oxygen atoms in total. The molecule has 0 saturated heterocycles. The highest BCUT2D eigenvalue weighted by atomic mass is 14.7. The summed E-state index contributed by atoms with van der Waals surface area (Å²) in [5.74, 6) is -0.724. The Kier molecular flexibility index (Phi) is 2.89. The second kappa shape index (κ2) is 6.15. The van der Waals surface area contributed by atoms with Crippen LogP contribution in [-0.4, -0.2) is 4.98 Å². The lowest BCUT2D eigenvalue weighted by Gasteiger charge is -2.11. The van der Waals surface area contributed by atoms with E-state index in [1.807, 2.05) is 62.4 Å². The van der Waals surface area contributed by atoms with Crippen molar-refractivity contribution in [1.29, 1.82) is 0 Å². The number of benzene rings is 2. The first-order valence-electron chi connectivity index (χ1n) is 9.33. The van der Waals surface area contributed by atoms with Gasteiger partial charge in [0.2, 0.25) is 0 Å². The van der Waals surface area contributed by atoms with Crippen LogP contribution in [0.4, 0.5) is 0 Å². The van der Waals surface area contributed by atoms with Crippen molar-refractivity contribution < 1.29 is 5.48 Å². The van der Waals surface area contributed by atoms with Gasteiger partial charge in [0.1, 0.15) is 0 Å². The lowest BCUT2D eigenvalue weighted by molar-refractivity contribution is 0.864. The molecule has 110 valence electrons. The van der Waals surface area contributed by atoms with E-state index in [1.165, 1.54) is 0 Å². The highest BCUT2D eigenvalue weighted by Crippen LogP contribution is 2.29.